The normalized spacial score (nSPS) is 11.8. The quantitative estimate of drug-likeness (QED) is 0.167. The smallest absolute Gasteiger partial charge is 0.408 e. The van der Waals surface area contributed by atoms with Gasteiger partial charge in [0.25, 0.3) is 5.91 Å². The Labute approximate surface area is 207 Å². The van der Waals surface area contributed by atoms with Gasteiger partial charge >= 0.3 is 6.09 Å². The highest BCUT2D eigenvalue weighted by atomic mass is 127. The van der Waals surface area contributed by atoms with Crippen molar-refractivity contribution in [3.8, 4) is 0 Å². The van der Waals surface area contributed by atoms with Crippen LogP contribution in [0.2, 0.25) is 5.02 Å². The molecule has 0 saturated carbocycles. The van der Waals surface area contributed by atoms with Gasteiger partial charge in [-0.3, -0.25) is 9.79 Å². The minimum absolute atomic E-state index is 0. The summed E-state index contributed by atoms with van der Waals surface area (Å²) in [6.45, 7) is 13.0. The summed E-state index contributed by atoms with van der Waals surface area (Å²) in [6, 6.07) is 6.90. The van der Waals surface area contributed by atoms with Crippen LogP contribution in [0, 0.1) is 0 Å². The van der Waals surface area contributed by atoms with E-state index >= 15 is 0 Å². The lowest BCUT2D eigenvalue weighted by molar-refractivity contribution is 0.0476. The van der Waals surface area contributed by atoms with E-state index in [0.29, 0.717) is 42.7 Å². The number of hydrogen-bond donors (Lipinski definition) is 4. The third-order valence-corrected chi connectivity index (χ3v) is 3.97. The summed E-state index contributed by atoms with van der Waals surface area (Å²) in [7, 11) is 0. The molecule has 1 aromatic carbocycles. The van der Waals surface area contributed by atoms with Gasteiger partial charge < -0.3 is 26.0 Å². The molecule has 0 bridgehead atoms. The molecule has 0 aliphatic heterocycles. The standard InChI is InChI=1S/C21H34ClN5O3.HI/c1-7-23-18(26-14-21(5,6)27-19(29)30-20(2,3)4)25-13-12-24-17(28)15-10-8-9-11-16(15)22;/h8-11H,7,12-14H2,1-6H3,(H,24,28)(H,27,29)(H2,23,25,26);1H. The van der Waals surface area contributed by atoms with Crippen molar-refractivity contribution in [3.63, 3.8) is 0 Å². The van der Waals surface area contributed by atoms with E-state index in [-0.39, 0.29) is 29.9 Å². The summed E-state index contributed by atoms with van der Waals surface area (Å²) >= 11 is 6.03. The summed E-state index contributed by atoms with van der Waals surface area (Å²) < 4.78 is 5.30. The van der Waals surface area contributed by atoms with Gasteiger partial charge in [-0.1, -0.05) is 23.7 Å². The largest absolute Gasteiger partial charge is 0.444 e. The molecule has 1 aromatic rings. The van der Waals surface area contributed by atoms with Crippen molar-refractivity contribution in [2.45, 2.75) is 52.7 Å². The highest BCUT2D eigenvalue weighted by molar-refractivity contribution is 14.0. The first-order valence-electron chi connectivity index (χ1n) is 9.99. The molecular formula is C21H35ClIN5O3. The average Bonchev–Trinajstić information content (AvgIpc) is 2.61. The number of nitrogens with one attached hydrogen (secondary N) is 4. The molecule has 0 spiro atoms. The van der Waals surface area contributed by atoms with Gasteiger partial charge in [0.1, 0.15) is 5.60 Å². The molecule has 10 heteroatoms. The molecule has 0 heterocycles. The first-order valence-corrected chi connectivity index (χ1v) is 10.4. The van der Waals surface area contributed by atoms with Gasteiger partial charge in [-0.15, -0.1) is 24.0 Å². The zero-order chi connectivity index (χ0) is 22.8. The molecule has 0 fully saturated rings. The number of aliphatic imine (C=N–C) groups is 1. The van der Waals surface area contributed by atoms with Crippen molar-refractivity contribution in [2.24, 2.45) is 4.99 Å². The Morgan fingerprint density at radius 2 is 1.65 bits per heavy atom. The predicted octanol–water partition coefficient (Wildman–Crippen LogP) is 3.55. The van der Waals surface area contributed by atoms with Crippen molar-refractivity contribution in [1.29, 1.82) is 0 Å². The van der Waals surface area contributed by atoms with Gasteiger partial charge in [-0.2, -0.15) is 0 Å². The zero-order valence-corrected chi connectivity index (χ0v) is 22.2. The molecule has 176 valence electrons. The average molecular weight is 568 g/mol. The minimum atomic E-state index is -0.594. The van der Waals surface area contributed by atoms with Crippen LogP contribution in [0.4, 0.5) is 4.79 Å². The summed E-state index contributed by atoms with van der Waals surface area (Å²) in [5, 5.41) is 12.3. The first-order chi connectivity index (χ1) is 13.9. The SMILES string of the molecule is CCNC(=NCC(C)(C)NC(=O)OC(C)(C)C)NCCNC(=O)c1ccccc1Cl.I. The van der Waals surface area contributed by atoms with Gasteiger partial charge in [0.05, 0.1) is 22.7 Å². The maximum absolute atomic E-state index is 12.2. The molecule has 0 aliphatic carbocycles. The van der Waals surface area contributed by atoms with Gasteiger partial charge in [-0.25, -0.2) is 4.79 Å². The summed E-state index contributed by atoms with van der Waals surface area (Å²) in [5.74, 6) is 0.357. The molecular weight excluding hydrogens is 533 g/mol. The number of amides is 2. The second kappa shape index (κ2) is 13.6. The third kappa shape index (κ3) is 12.6. The van der Waals surface area contributed by atoms with E-state index in [4.69, 9.17) is 16.3 Å². The number of hydrogen-bond acceptors (Lipinski definition) is 4. The van der Waals surface area contributed by atoms with Crippen LogP contribution in [-0.4, -0.2) is 55.3 Å². The summed E-state index contributed by atoms with van der Waals surface area (Å²) in [6.07, 6.45) is -0.483. The Balaban J connectivity index is 0.00000900. The van der Waals surface area contributed by atoms with Crippen molar-refractivity contribution in [2.75, 3.05) is 26.2 Å². The van der Waals surface area contributed by atoms with E-state index in [1.54, 1.807) is 24.3 Å². The molecule has 0 unspecified atom stereocenters. The molecule has 0 aromatic heterocycles. The lowest BCUT2D eigenvalue weighted by Crippen LogP contribution is -2.49. The van der Waals surface area contributed by atoms with Gasteiger partial charge in [0, 0.05) is 19.6 Å². The van der Waals surface area contributed by atoms with E-state index in [0.717, 1.165) is 0 Å². The van der Waals surface area contributed by atoms with Crippen molar-refractivity contribution in [1.82, 2.24) is 21.3 Å². The third-order valence-electron chi connectivity index (χ3n) is 3.64. The number of benzene rings is 1. The highest BCUT2D eigenvalue weighted by Crippen LogP contribution is 2.14. The fourth-order valence-corrected chi connectivity index (χ4v) is 2.56. The Kier molecular flexibility index (Phi) is 12.8. The molecule has 8 nitrogen and oxygen atoms in total. The van der Waals surface area contributed by atoms with Crippen LogP contribution in [0.3, 0.4) is 0 Å². The van der Waals surface area contributed by atoms with Crippen molar-refractivity contribution in [3.05, 3.63) is 34.9 Å². The van der Waals surface area contributed by atoms with Gasteiger partial charge in [0.15, 0.2) is 5.96 Å². The number of ether oxygens (including phenoxy) is 1. The topological polar surface area (TPSA) is 104 Å². The lowest BCUT2D eigenvalue weighted by atomic mass is 10.1. The van der Waals surface area contributed by atoms with Crippen LogP contribution in [0.5, 0.6) is 0 Å². The predicted molar refractivity (Wildman–Crippen MR) is 137 cm³/mol. The monoisotopic (exact) mass is 567 g/mol. The van der Waals surface area contributed by atoms with Crippen LogP contribution < -0.4 is 21.3 Å². The second-order valence-corrected chi connectivity index (χ2v) is 8.78. The molecule has 31 heavy (non-hydrogen) atoms. The number of nitrogens with zero attached hydrogens (tertiary/aromatic N) is 1. The maximum Gasteiger partial charge on any atom is 0.408 e. The zero-order valence-electron chi connectivity index (χ0n) is 19.1. The van der Waals surface area contributed by atoms with Crippen LogP contribution >= 0.6 is 35.6 Å². The van der Waals surface area contributed by atoms with Gasteiger partial charge in [-0.05, 0) is 53.7 Å². The Bertz CT molecular complexity index is 751. The first kappa shape index (κ1) is 29.2. The fourth-order valence-electron chi connectivity index (χ4n) is 2.34. The Hall–Kier alpha value is -1.75. The molecule has 4 N–H and O–H groups in total. The van der Waals surface area contributed by atoms with E-state index in [2.05, 4.69) is 26.3 Å². The van der Waals surface area contributed by atoms with Crippen molar-refractivity contribution < 1.29 is 14.3 Å². The van der Waals surface area contributed by atoms with E-state index in [9.17, 15) is 9.59 Å². The number of guanidine groups is 1. The summed E-state index contributed by atoms with van der Waals surface area (Å²) in [4.78, 5) is 28.7. The Morgan fingerprint density at radius 1 is 1.03 bits per heavy atom. The molecule has 2 amide bonds. The minimum Gasteiger partial charge on any atom is -0.444 e. The number of rotatable bonds is 8. The molecule has 0 saturated heterocycles. The number of carbonyl (C=O) groups is 2. The van der Waals surface area contributed by atoms with E-state index in [1.807, 2.05) is 41.5 Å². The Morgan fingerprint density at radius 3 is 2.23 bits per heavy atom. The fraction of sp³-hybridized carbons (Fsp3) is 0.571. The van der Waals surface area contributed by atoms with Crippen molar-refractivity contribution >= 4 is 53.5 Å². The summed E-state index contributed by atoms with van der Waals surface area (Å²) in [5.41, 5.74) is -0.716. The molecule has 0 atom stereocenters. The van der Waals surface area contributed by atoms with Crippen LogP contribution in [0.15, 0.2) is 29.3 Å². The van der Waals surface area contributed by atoms with E-state index < -0.39 is 17.2 Å². The number of halogens is 2. The molecule has 0 radical (unpaired) electrons. The van der Waals surface area contributed by atoms with Crippen LogP contribution in [0.25, 0.3) is 0 Å². The number of alkyl carbamates (subject to hydrolysis) is 1. The molecule has 1 rings (SSSR count). The second-order valence-electron chi connectivity index (χ2n) is 8.37. The maximum atomic E-state index is 12.2. The molecule has 0 aliphatic rings. The van der Waals surface area contributed by atoms with Crippen LogP contribution in [0.1, 0.15) is 51.9 Å². The lowest BCUT2D eigenvalue weighted by Gasteiger charge is -2.27. The number of carbonyl (C=O) groups excluding carboxylic acids is 2. The van der Waals surface area contributed by atoms with Crippen LogP contribution in [-0.2, 0) is 4.74 Å². The highest BCUT2D eigenvalue weighted by Gasteiger charge is 2.24. The van der Waals surface area contributed by atoms with E-state index in [1.165, 1.54) is 0 Å². The van der Waals surface area contributed by atoms with Gasteiger partial charge in [0.2, 0.25) is 0 Å².